The van der Waals surface area contributed by atoms with Crippen LogP contribution in [0.4, 0.5) is 0 Å². The minimum absolute atomic E-state index is 0.0462. The maximum atomic E-state index is 13.9. The molecule has 0 unspecified atom stereocenters. The van der Waals surface area contributed by atoms with Crippen molar-refractivity contribution in [3.05, 3.63) is 12.2 Å². The van der Waals surface area contributed by atoms with E-state index >= 15 is 0 Å². The van der Waals surface area contributed by atoms with Crippen LogP contribution in [0, 0.1) is 62.1 Å². The van der Waals surface area contributed by atoms with Gasteiger partial charge in [-0.05, 0) is 134 Å². The SMILES string of the molecule is C=C(C)[C@@H]1CC[C@]2(CC(=O)N3CC[C@H](N)C3)CC[C@]3(C)[C@H](CC[C@@H]4[C@@]5(C)CC[C@H](OC(=O)CC(C)(C)CC(=O)O)C(C)(C)[C@@H]5CC[C@]43C)[C@@H]12. The van der Waals surface area contributed by atoms with Crippen LogP contribution in [0.15, 0.2) is 12.2 Å². The number of esters is 1. The summed E-state index contributed by atoms with van der Waals surface area (Å²) in [6.45, 7) is 24.6. The molecule has 7 heteroatoms. The zero-order valence-corrected chi connectivity index (χ0v) is 32.2. The van der Waals surface area contributed by atoms with Gasteiger partial charge in [0.15, 0.2) is 0 Å². The van der Waals surface area contributed by atoms with E-state index in [0.717, 1.165) is 45.1 Å². The highest BCUT2D eigenvalue weighted by Crippen LogP contribution is 2.78. The molecule has 5 aliphatic carbocycles. The molecule has 7 nitrogen and oxygen atoms in total. The number of rotatable bonds is 8. The van der Waals surface area contributed by atoms with Gasteiger partial charge in [0.2, 0.25) is 5.91 Å². The Kier molecular flexibility index (Phi) is 9.31. The molecular weight excluding hydrogens is 612 g/mol. The van der Waals surface area contributed by atoms with Crippen molar-refractivity contribution in [2.75, 3.05) is 13.1 Å². The van der Waals surface area contributed by atoms with E-state index in [9.17, 15) is 19.5 Å². The monoisotopic (exact) mass is 681 g/mol. The molecule has 1 saturated heterocycles. The van der Waals surface area contributed by atoms with Gasteiger partial charge in [-0.3, -0.25) is 14.4 Å². The number of allylic oxidation sites excluding steroid dienone is 1. The van der Waals surface area contributed by atoms with Gasteiger partial charge in [-0.2, -0.15) is 0 Å². The first-order valence-corrected chi connectivity index (χ1v) is 19.8. The van der Waals surface area contributed by atoms with Crippen LogP contribution in [0.2, 0.25) is 0 Å². The quantitative estimate of drug-likeness (QED) is 0.197. The predicted octanol–water partition coefficient (Wildman–Crippen LogP) is 8.40. The Morgan fingerprint density at radius 3 is 2.22 bits per heavy atom. The second kappa shape index (κ2) is 12.4. The maximum absolute atomic E-state index is 13.9. The number of carbonyl (C=O) groups excluding carboxylic acids is 2. The number of amides is 1. The van der Waals surface area contributed by atoms with Gasteiger partial charge in [0.1, 0.15) is 6.10 Å². The highest BCUT2D eigenvalue weighted by atomic mass is 16.5. The van der Waals surface area contributed by atoms with Crippen LogP contribution in [-0.4, -0.2) is 53.1 Å². The van der Waals surface area contributed by atoms with Crippen LogP contribution in [0.1, 0.15) is 145 Å². The van der Waals surface area contributed by atoms with Crippen molar-refractivity contribution in [3.8, 4) is 0 Å². The van der Waals surface area contributed by atoms with E-state index in [1.54, 1.807) is 0 Å². The normalized spacial score (nSPS) is 44.3. The first-order valence-electron chi connectivity index (χ1n) is 19.8. The third-order valence-corrected chi connectivity index (χ3v) is 16.8. The average Bonchev–Trinajstić information content (AvgIpc) is 3.58. The Hall–Kier alpha value is -1.89. The topological polar surface area (TPSA) is 110 Å². The van der Waals surface area contributed by atoms with Gasteiger partial charge in [-0.15, -0.1) is 0 Å². The number of ether oxygens (including phenoxy) is 1. The molecule has 5 saturated carbocycles. The second-order valence-corrected chi connectivity index (χ2v) is 20.4. The minimum atomic E-state index is -0.882. The number of nitrogens with two attached hydrogens (primary N) is 1. The summed E-state index contributed by atoms with van der Waals surface area (Å²) in [6.07, 6.45) is 12.9. The fraction of sp³-hybridized carbons (Fsp3) is 0.881. The Morgan fingerprint density at radius 2 is 1.59 bits per heavy atom. The van der Waals surface area contributed by atoms with Crippen LogP contribution in [-0.2, 0) is 19.1 Å². The molecule has 6 fully saturated rings. The number of hydrogen-bond acceptors (Lipinski definition) is 5. The van der Waals surface area contributed by atoms with Crippen molar-refractivity contribution < 1.29 is 24.2 Å². The Morgan fingerprint density at radius 1 is 0.878 bits per heavy atom. The molecule has 0 spiro atoms. The van der Waals surface area contributed by atoms with Crippen molar-refractivity contribution in [1.29, 1.82) is 0 Å². The number of carboxylic acid groups (broad SMARTS) is 1. The molecule has 0 radical (unpaired) electrons. The molecule has 11 atom stereocenters. The zero-order valence-electron chi connectivity index (χ0n) is 32.2. The standard InChI is InChI=1S/C42H68N2O5/c1-26(2)28-12-18-42(22-33(45)44-21-15-27(43)25-44)20-19-40(8)29(36(28)42)10-11-31-39(7)16-14-32(38(5,6)30(39)13-17-41(31,40)9)49-35(48)24-37(3,4)23-34(46)47/h27-32,36H,1,10-25,43H2,2-9H3,(H,46,47)/t27-,28-,29+,30-,31+,32-,36+,39-,40+,41+,42+/m0/s1. The molecule has 6 aliphatic rings. The van der Waals surface area contributed by atoms with E-state index < -0.39 is 11.4 Å². The van der Waals surface area contributed by atoms with Crippen LogP contribution in [0.25, 0.3) is 0 Å². The Labute approximate surface area is 296 Å². The molecule has 0 aromatic carbocycles. The zero-order chi connectivity index (χ0) is 35.9. The summed E-state index contributed by atoms with van der Waals surface area (Å²) < 4.78 is 6.27. The van der Waals surface area contributed by atoms with Crippen molar-refractivity contribution in [1.82, 2.24) is 4.90 Å². The van der Waals surface area contributed by atoms with Gasteiger partial charge in [0, 0.05) is 31.0 Å². The summed E-state index contributed by atoms with van der Waals surface area (Å²) in [4.78, 5) is 40.5. The summed E-state index contributed by atoms with van der Waals surface area (Å²) >= 11 is 0. The largest absolute Gasteiger partial charge is 0.481 e. The summed E-state index contributed by atoms with van der Waals surface area (Å²) in [7, 11) is 0. The number of likely N-dealkylation sites (tertiary alicyclic amines) is 1. The van der Waals surface area contributed by atoms with Crippen molar-refractivity contribution in [2.45, 2.75) is 157 Å². The van der Waals surface area contributed by atoms with Gasteiger partial charge in [0.05, 0.1) is 12.8 Å². The predicted molar refractivity (Wildman–Crippen MR) is 193 cm³/mol. The molecule has 1 aliphatic heterocycles. The number of carbonyl (C=O) groups is 3. The summed E-state index contributed by atoms with van der Waals surface area (Å²) in [5.41, 5.74) is 7.42. The highest BCUT2D eigenvalue weighted by molar-refractivity contribution is 5.77. The average molecular weight is 681 g/mol. The van der Waals surface area contributed by atoms with Gasteiger partial charge < -0.3 is 20.5 Å². The van der Waals surface area contributed by atoms with Crippen LogP contribution in [0.5, 0.6) is 0 Å². The maximum Gasteiger partial charge on any atom is 0.306 e. The van der Waals surface area contributed by atoms with Crippen LogP contribution in [0.3, 0.4) is 0 Å². The van der Waals surface area contributed by atoms with Gasteiger partial charge >= 0.3 is 11.9 Å². The molecule has 49 heavy (non-hydrogen) atoms. The van der Waals surface area contributed by atoms with E-state index in [2.05, 4.69) is 53.0 Å². The van der Waals surface area contributed by atoms with Gasteiger partial charge in [0.25, 0.3) is 0 Å². The molecule has 3 N–H and O–H groups in total. The van der Waals surface area contributed by atoms with Gasteiger partial charge in [-0.1, -0.05) is 60.6 Å². The number of carboxylic acids is 1. The number of aliphatic carboxylic acids is 1. The first kappa shape index (κ1) is 36.9. The first-order chi connectivity index (χ1) is 22.7. The fourth-order valence-electron chi connectivity index (χ4n) is 14.3. The van der Waals surface area contributed by atoms with Crippen molar-refractivity contribution >= 4 is 17.8 Å². The molecule has 0 bridgehead atoms. The van der Waals surface area contributed by atoms with E-state index in [4.69, 9.17) is 10.5 Å². The van der Waals surface area contributed by atoms with E-state index in [1.807, 2.05) is 13.8 Å². The Bertz CT molecular complexity index is 1360. The molecule has 6 rings (SSSR count). The second-order valence-electron chi connectivity index (χ2n) is 20.4. The van der Waals surface area contributed by atoms with Crippen LogP contribution >= 0.6 is 0 Å². The Balaban J connectivity index is 1.23. The number of hydrogen-bond donors (Lipinski definition) is 2. The molecule has 1 heterocycles. The van der Waals surface area contributed by atoms with E-state index in [-0.39, 0.29) is 58.0 Å². The molecular formula is C42H68N2O5. The number of fused-ring (bicyclic) bond motifs is 7. The molecule has 276 valence electrons. The fourth-order valence-corrected chi connectivity index (χ4v) is 14.3. The lowest BCUT2D eigenvalue weighted by atomic mass is 9.32. The minimum Gasteiger partial charge on any atom is -0.481 e. The van der Waals surface area contributed by atoms with Crippen molar-refractivity contribution in [3.63, 3.8) is 0 Å². The third-order valence-electron chi connectivity index (χ3n) is 16.8. The lowest BCUT2D eigenvalue weighted by Crippen LogP contribution is -2.67. The van der Waals surface area contributed by atoms with E-state index in [0.29, 0.717) is 48.5 Å². The molecule has 1 amide bonds. The summed E-state index contributed by atoms with van der Waals surface area (Å²) in [5, 5.41) is 9.33. The van der Waals surface area contributed by atoms with Crippen LogP contribution < -0.4 is 5.73 Å². The summed E-state index contributed by atoms with van der Waals surface area (Å²) in [5.74, 6) is 1.87. The highest BCUT2D eigenvalue weighted by Gasteiger charge is 2.71. The van der Waals surface area contributed by atoms with Gasteiger partial charge in [-0.25, -0.2) is 0 Å². The smallest absolute Gasteiger partial charge is 0.306 e. The lowest BCUT2D eigenvalue weighted by molar-refractivity contribution is -0.250. The third kappa shape index (κ3) is 5.92. The summed E-state index contributed by atoms with van der Waals surface area (Å²) in [6, 6.07) is 0.119. The lowest BCUT2D eigenvalue weighted by Gasteiger charge is -2.73. The van der Waals surface area contributed by atoms with E-state index in [1.165, 1.54) is 37.7 Å². The van der Waals surface area contributed by atoms with Crippen molar-refractivity contribution in [2.24, 2.45) is 67.8 Å². The number of nitrogens with zero attached hydrogens (tertiary/aromatic N) is 1. The molecule has 0 aromatic rings. The molecule has 0 aromatic heterocycles.